The molecule has 1 aromatic rings. The van der Waals surface area contributed by atoms with Crippen molar-refractivity contribution in [3.8, 4) is 0 Å². The Labute approximate surface area is 143 Å². The van der Waals surface area contributed by atoms with Crippen LogP contribution in [0.15, 0.2) is 24.3 Å². The molecule has 1 aromatic carbocycles. The van der Waals surface area contributed by atoms with Gasteiger partial charge in [0.1, 0.15) is 0 Å². The van der Waals surface area contributed by atoms with Gasteiger partial charge in [-0.3, -0.25) is 9.80 Å². The first-order valence-corrected chi connectivity index (χ1v) is 7.63. The number of carbonyl (C=O) groups excluding carboxylic acids is 2. The van der Waals surface area contributed by atoms with Crippen molar-refractivity contribution in [3.63, 3.8) is 0 Å². The van der Waals surface area contributed by atoms with Gasteiger partial charge in [0.15, 0.2) is 0 Å². The molecule has 0 unspecified atom stereocenters. The van der Waals surface area contributed by atoms with Crippen LogP contribution in [0.25, 0.3) is 0 Å². The van der Waals surface area contributed by atoms with E-state index in [1.807, 2.05) is 17.0 Å². The number of likely N-dealkylation sites (tertiary alicyclic amines) is 1. The number of nitrogens with one attached hydrogen (secondary N) is 1. The summed E-state index contributed by atoms with van der Waals surface area (Å²) in [4.78, 5) is 25.1. The Bertz CT molecular complexity index is 527. The molecule has 6 nitrogen and oxygen atoms in total. The number of halogens is 1. The highest BCUT2D eigenvalue weighted by atomic mass is 35.5. The third kappa shape index (κ3) is 5.73. The van der Waals surface area contributed by atoms with Crippen LogP contribution >= 0.6 is 12.4 Å². The molecule has 1 fully saturated rings. The first kappa shape index (κ1) is 19.3. The molecule has 0 atom stereocenters. The number of carbonyl (C=O) groups is 2. The molecule has 23 heavy (non-hydrogen) atoms. The summed E-state index contributed by atoms with van der Waals surface area (Å²) in [6.45, 7) is 5.57. The predicted octanol–water partition coefficient (Wildman–Crippen LogP) is 2.59. The van der Waals surface area contributed by atoms with Crippen LogP contribution in [0.1, 0.15) is 32.3 Å². The highest BCUT2D eigenvalue weighted by molar-refractivity contribution is 5.88. The van der Waals surface area contributed by atoms with E-state index in [4.69, 9.17) is 5.84 Å². The van der Waals surface area contributed by atoms with Gasteiger partial charge in [-0.1, -0.05) is 19.1 Å². The summed E-state index contributed by atoms with van der Waals surface area (Å²) in [7, 11) is 0. The Kier molecular flexibility index (Phi) is 7.32. The van der Waals surface area contributed by atoms with Gasteiger partial charge in [-0.25, -0.2) is 10.6 Å². The second-order valence-electron chi connectivity index (χ2n) is 5.96. The number of hydrogen-bond donors (Lipinski definition) is 2. The van der Waals surface area contributed by atoms with Crippen molar-refractivity contribution in [1.29, 1.82) is 0 Å². The second kappa shape index (κ2) is 8.74. The minimum atomic E-state index is -0.127. The van der Waals surface area contributed by atoms with E-state index in [0.717, 1.165) is 37.2 Å². The van der Waals surface area contributed by atoms with Crippen LogP contribution in [-0.4, -0.2) is 34.9 Å². The SMILES string of the molecule is CC(=O)Nc1ccc(CN(N)C(=O)N2CCC(C)CC2)cc1.Cl. The number of nitrogens with two attached hydrogens (primary N) is 1. The summed E-state index contributed by atoms with van der Waals surface area (Å²) in [5, 5.41) is 3.96. The average molecular weight is 341 g/mol. The zero-order chi connectivity index (χ0) is 16.1. The van der Waals surface area contributed by atoms with Gasteiger partial charge in [0.25, 0.3) is 0 Å². The number of hydrazine groups is 1. The van der Waals surface area contributed by atoms with Crippen LogP contribution in [0.4, 0.5) is 10.5 Å². The van der Waals surface area contributed by atoms with E-state index >= 15 is 0 Å². The first-order valence-electron chi connectivity index (χ1n) is 7.63. The molecular weight excluding hydrogens is 316 g/mol. The Hall–Kier alpha value is -1.79. The molecule has 1 aliphatic rings. The number of piperidine rings is 1. The molecule has 128 valence electrons. The van der Waals surface area contributed by atoms with Crippen LogP contribution in [0.3, 0.4) is 0 Å². The molecule has 0 spiro atoms. The molecule has 1 heterocycles. The fourth-order valence-corrected chi connectivity index (χ4v) is 2.54. The van der Waals surface area contributed by atoms with Gasteiger partial charge in [-0.2, -0.15) is 0 Å². The van der Waals surface area contributed by atoms with E-state index in [9.17, 15) is 9.59 Å². The Balaban J connectivity index is 0.00000264. The number of amides is 3. The molecule has 7 heteroatoms. The van der Waals surface area contributed by atoms with E-state index < -0.39 is 0 Å². The summed E-state index contributed by atoms with van der Waals surface area (Å²) >= 11 is 0. The maximum atomic E-state index is 12.3. The number of benzene rings is 1. The van der Waals surface area contributed by atoms with Gasteiger partial charge in [-0.05, 0) is 36.5 Å². The fraction of sp³-hybridized carbons (Fsp3) is 0.500. The van der Waals surface area contributed by atoms with Crippen molar-refractivity contribution in [2.75, 3.05) is 18.4 Å². The third-order valence-corrected chi connectivity index (χ3v) is 3.93. The fourth-order valence-electron chi connectivity index (χ4n) is 2.54. The van der Waals surface area contributed by atoms with Gasteiger partial charge in [-0.15, -0.1) is 12.4 Å². The summed E-state index contributed by atoms with van der Waals surface area (Å²) in [5.41, 5.74) is 1.66. The molecule has 3 amide bonds. The second-order valence-corrected chi connectivity index (χ2v) is 5.96. The van der Waals surface area contributed by atoms with Gasteiger partial charge in [0, 0.05) is 25.7 Å². The van der Waals surface area contributed by atoms with Crippen LogP contribution < -0.4 is 11.2 Å². The molecule has 0 bridgehead atoms. The molecule has 2 rings (SSSR count). The number of hydrogen-bond acceptors (Lipinski definition) is 3. The van der Waals surface area contributed by atoms with E-state index in [2.05, 4.69) is 12.2 Å². The molecule has 1 aliphatic heterocycles. The number of rotatable bonds is 3. The zero-order valence-corrected chi connectivity index (χ0v) is 14.4. The average Bonchev–Trinajstić information content (AvgIpc) is 2.49. The van der Waals surface area contributed by atoms with Crippen molar-refractivity contribution in [2.45, 2.75) is 33.2 Å². The van der Waals surface area contributed by atoms with Crippen molar-refractivity contribution in [1.82, 2.24) is 9.91 Å². The first-order chi connectivity index (χ1) is 10.5. The third-order valence-electron chi connectivity index (χ3n) is 3.93. The molecule has 0 saturated carbocycles. The summed E-state index contributed by atoms with van der Waals surface area (Å²) < 4.78 is 0. The normalized spacial score (nSPS) is 14.8. The van der Waals surface area contributed by atoms with E-state index in [1.54, 1.807) is 12.1 Å². The lowest BCUT2D eigenvalue weighted by Crippen LogP contribution is -2.49. The maximum absolute atomic E-state index is 12.3. The predicted molar refractivity (Wildman–Crippen MR) is 93.1 cm³/mol. The van der Waals surface area contributed by atoms with Crippen LogP contribution in [0.2, 0.25) is 0 Å². The molecule has 1 saturated heterocycles. The maximum Gasteiger partial charge on any atom is 0.334 e. The van der Waals surface area contributed by atoms with Gasteiger partial charge in [0.2, 0.25) is 5.91 Å². The largest absolute Gasteiger partial charge is 0.334 e. The summed E-state index contributed by atoms with van der Waals surface area (Å²) in [6.07, 6.45) is 2.07. The van der Waals surface area contributed by atoms with Crippen LogP contribution in [0.5, 0.6) is 0 Å². The Morgan fingerprint density at radius 1 is 1.26 bits per heavy atom. The van der Waals surface area contributed by atoms with Crippen LogP contribution in [0, 0.1) is 5.92 Å². The lowest BCUT2D eigenvalue weighted by molar-refractivity contribution is -0.114. The summed E-state index contributed by atoms with van der Waals surface area (Å²) in [5.74, 6) is 6.47. The van der Waals surface area contributed by atoms with E-state index in [-0.39, 0.29) is 24.3 Å². The Morgan fingerprint density at radius 3 is 2.35 bits per heavy atom. The van der Waals surface area contributed by atoms with Gasteiger partial charge >= 0.3 is 6.03 Å². The topological polar surface area (TPSA) is 78.7 Å². The smallest absolute Gasteiger partial charge is 0.326 e. The van der Waals surface area contributed by atoms with E-state index in [0.29, 0.717) is 12.5 Å². The molecular formula is C16H25ClN4O2. The molecule has 3 N–H and O–H groups in total. The molecule has 0 aliphatic carbocycles. The van der Waals surface area contributed by atoms with Gasteiger partial charge < -0.3 is 10.2 Å². The Morgan fingerprint density at radius 2 is 1.83 bits per heavy atom. The number of urea groups is 1. The monoisotopic (exact) mass is 340 g/mol. The zero-order valence-electron chi connectivity index (χ0n) is 13.6. The lowest BCUT2D eigenvalue weighted by atomic mass is 10.00. The van der Waals surface area contributed by atoms with Crippen LogP contribution in [-0.2, 0) is 11.3 Å². The summed E-state index contributed by atoms with van der Waals surface area (Å²) in [6, 6.07) is 7.20. The molecule has 0 radical (unpaired) electrons. The van der Waals surface area contributed by atoms with E-state index in [1.165, 1.54) is 11.9 Å². The van der Waals surface area contributed by atoms with Crippen molar-refractivity contribution in [3.05, 3.63) is 29.8 Å². The minimum absolute atomic E-state index is 0. The highest BCUT2D eigenvalue weighted by Crippen LogP contribution is 2.17. The standard InChI is InChI=1S/C16H24N4O2.ClH/c1-12-7-9-19(10-8-12)16(22)20(17)11-14-3-5-15(6-4-14)18-13(2)21;/h3-6,12H,7-11,17H2,1-2H3,(H,18,21);1H. The minimum Gasteiger partial charge on any atom is -0.326 e. The molecule has 0 aromatic heterocycles. The highest BCUT2D eigenvalue weighted by Gasteiger charge is 2.23. The number of nitrogens with zero attached hydrogens (tertiary/aromatic N) is 2. The van der Waals surface area contributed by atoms with Crippen molar-refractivity contribution in [2.24, 2.45) is 11.8 Å². The van der Waals surface area contributed by atoms with Gasteiger partial charge in [0.05, 0.1) is 6.54 Å². The number of anilines is 1. The quantitative estimate of drug-likeness (QED) is 0.504. The van der Waals surface area contributed by atoms with Crippen molar-refractivity contribution < 1.29 is 9.59 Å². The lowest BCUT2D eigenvalue weighted by Gasteiger charge is -2.33. The van der Waals surface area contributed by atoms with Crippen molar-refractivity contribution >= 4 is 30.0 Å².